The maximum Gasteiger partial charge on any atom is 0.162 e. The van der Waals surface area contributed by atoms with Gasteiger partial charge in [-0.2, -0.15) is 5.10 Å². The van der Waals surface area contributed by atoms with Crippen molar-refractivity contribution >= 4 is 11.7 Å². The highest BCUT2D eigenvalue weighted by atomic mass is 16.3. The minimum absolute atomic E-state index is 0.0163. The van der Waals surface area contributed by atoms with Crippen LogP contribution in [-0.2, 0) is 0 Å². The normalized spacial score (nSPS) is 10.2. The van der Waals surface area contributed by atoms with Crippen molar-refractivity contribution in [2.45, 2.75) is 13.8 Å². The number of nitrogens with zero attached hydrogens (tertiary/aromatic N) is 3. The molecule has 0 spiro atoms. The van der Waals surface area contributed by atoms with Crippen molar-refractivity contribution in [3.05, 3.63) is 16.8 Å². The lowest BCUT2D eigenvalue weighted by atomic mass is 10.1. The molecule has 1 aromatic rings. The minimum Gasteiger partial charge on any atom is -0.395 e. The Morgan fingerprint density at radius 1 is 1.44 bits per heavy atom. The molecule has 0 saturated carbocycles. The number of amidine groups is 1. The molecule has 0 unspecified atom stereocenters. The van der Waals surface area contributed by atoms with Gasteiger partial charge in [-0.3, -0.25) is 5.41 Å². The molecule has 0 aliphatic heterocycles. The SMILES string of the molecule is Cc1nnc(N(C)CCO)c(C(=N)N)c1C. The molecule has 0 radical (unpaired) electrons. The summed E-state index contributed by atoms with van der Waals surface area (Å²) in [6, 6.07) is 0. The first-order chi connectivity index (χ1) is 7.49. The lowest BCUT2D eigenvalue weighted by Gasteiger charge is -2.20. The molecule has 0 atom stereocenters. The Labute approximate surface area is 94.6 Å². The first-order valence-corrected chi connectivity index (χ1v) is 4.99. The highest BCUT2D eigenvalue weighted by Crippen LogP contribution is 2.20. The van der Waals surface area contributed by atoms with Gasteiger partial charge in [-0.05, 0) is 19.4 Å². The van der Waals surface area contributed by atoms with Gasteiger partial charge in [0.15, 0.2) is 5.82 Å². The minimum atomic E-state index is -0.0321. The maximum atomic E-state index is 8.88. The highest BCUT2D eigenvalue weighted by molar-refractivity contribution is 6.01. The van der Waals surface area contributed by atoms with Crippen LogP contribution in [0.15, 0.2) is 0 Å². The number of anilines is 1. The van der Waals surface area contributed by atoms with Crippen LogP contribution in [-0.4, -0.2) is 41.3 Å². The Hall–Kier alpha value is -1.69. The number of nitrogens with two attached hydrogens (primary N) is 1. The third kappa shape index (κ3) is 2.27. The first kappa shape index (κ1) is 12.4. The van der Waals surface area contributed by atoms with Gasteiger partial charge in [-0.1, -0.05) is 0 Å². The number of likely N-dealkylation sites (N-methyl/N-ethyl adjacent to an activating group) is 1. The van der Waals surface area contributed by atoms with Crippen molar-refractivity contribution < 1.29 is 5.11 Å². The average Bonchev–Trinajstić information content (AvgIpc) is 2.21. The molecule has 0 aliphatic carbocycles. The monoisotopic (exact) mass is 223 g/mol. The third-order valence-electron chi connectivity index (χ3n) is 2.50. The molecule has 0 amide bonds. The molecular formula is C10H17N5O. The fraction of sp³-hybridized carbons (Fsp3) is 0.500. The van der Waals surface area contributed by atoms with Gasteiger partial charge in [0.1, 0.15) is 5.84 Å². The molecule has 0 fully saturated rings. The smallest absolute Gasteiger partial charge is 0.162 e. The van der Waals surface area contributed by atoms with Crippen LogP contribution in [0, 0.1) is 19.3 Å². The van der Waals surface area contributed by atoms with Crippen LogP contribution in [0.1, 0.15) is 16.8 Å². The molecule has 6 heteroatoms. The Balaban J connectivity index is 3.28. The third-order valence-corrected chi connectivity index (χ3v) is 2.50. The molecule has 0 bridgehead atoms. The van der Waals surface area contributed by atoms with Crippen molar-refractivity contribution in [3.8, 4) is 0 Å². The molecule has 4 N–H and O–H groups in total. The molecule has 6 nitrogen and oxygen atoms in total. The van der Waals surface area contributed by atoms with Crippen LogP contribution < -0.4 is 10.6 Å². The Bertz CT molecular complexity index is 404. The summed E-state index contributed by atoms with van der Waals surface area (Å²) in [5.41, 5.74) is 7.74. The van der Waals surface area contributed by atoms with Crippen LogP contribution >= 0.6 is 0 Å². The molecule has 1 heterocycles. The van der Waals surface area contributed by atoms with E-state index in [2.05, 4.69) is 10.2 Å². The van der Waals surface area contributed by atoms with Gasteiger partial charge >= 0.3 is 0 Å². The van der Waals surface area contributed by atoms with Crippen LogP contribution in [0.5, 0.6) is 0 Å². The van der Waals surface area contributed by atoms with E-state index in [0.29, 0.717) is 17.9 Å². The number of hydrogen-bond acceptors (Lipinski definition) is 5. The summed E-state index contributed by atoms with van der Waals surface area (Å²) in [4.78, 5) is 1.73. The Morgan fingerprint density at radius 3 is 2.56 bits per heavy atom. The van der Waals surface area contributed by atoms with E-state index in [1.165, 1.54) is 0 Å². The zero-order valence-electron chi connectivity index (χ0n) is 9.78. The molecule has 1 rings (SSSR count). The van der Waals surface area contributed by atoms with E-state index in [-0.39, 0.29) is 12.4 Å². The topological polar surface area (TPSA) is 99.1 Å². The van der Waals surface area contributed by atoms with Crippen LogP contribution in [0.4, 0.5) is 5.82 Å². The van der Waals surface area contributed by atoms with E-state index in [4.69, 9.17) is 16.2 Å². The summed E-state index contributed by atoms with van der Waals surface area (Å²) in [6.45, 7) is 4.13. The van der Waals surface area contributed by atoms with Gasteiger partial charge < -0.3 is 15.7 Å². The molecule has 0 aliphatic rings. The second-order valence-corrected chi connectivity index (χ2v) is 3.67. The molecule has 88 valence electrons. The summed E-state index contributed by atoms with van der Waals surface area (Å²) in [7, 11) is 1.78. The lowest BCUT2D eigenvalue weighted by Crippen LogP contribution is -2.27. The van der Waals surface area contributed by atoms with Gasteiger partial charge in [0.2, 0.25) is 0 Å². The first-order valence-electron chi connectivity index (χ1n) is 4.99. The summed E-state index contributed by atoms with van der Waals surface area (Å²) in [6.07, 6.45) is 0. The quantitative estimate of drug-likeness (QED) is 0.485. The number of hydrogen-bond donors (Lipinski definition) is 3. The summed E-state index contributed by atoms with van der Waals surface area (Å²) >= 11 is 0. The zero-order chi connectivity index (χ0) is 12.3. The van der Waals surface area contributed by atoms with Crippen molar-refractivity contribution in [2.24, 2.45) is 5.73 Å². The molecule has 1 aromatic heterocycles. The molecular weight excluding hydrogens is 206 g/mol. The predicted octanol–water partition coefficient (Wildman–Crippen LogP) is -0.194. The number of nitrogen functional groups attached to an aromatic ring is 1. The van der Waals surface area contributed by atoms with Gasteiger partial charge in [0, 0.05) is 13.6 Å². The van der Waals surface area contributed by atoms with E-state index in [1.807, 2.05) is 13.8 Å². The van der Waals surface area contributed by atoms with E-state index >= 15 is 0 Å². The number of aromatic nitrogens is 2. The van der Waals surface area contributed by atoms with Crippen molar-refractivity contribution in [1.82, 2.24) is 10.2 Å². The number of aryl methyl sites for hydroxylation is 1. The summed E-state index contributed by atoms with van der Waals surface area (Å²) in [5.74, 6) is 0.500. The number of aliphatic hydroxyl groups is 1. The van der Waals surface area contributed by atoms with E-state index in [0.717, 1.165) is 11.3 Å². The Morgan fingerprint density at radius 2 is 2.06 bits per heavy atom. The second-order valence-electron chi connectivity index (χ2n) is 3.67. The van der Waals surface area contributed by atoms with E-state index < -0.39 is 0 Å². The fourth-order valence-electron chi connectivity index (χ4n) is 1.44. The number of aliphatic hydroxyl groups excluding tert-OH is 1. The van der Waals surface area contributed by atoms with Crippen LogP contribution in [0.2, 0.25) is 0 Å². The van der Waals surface area contributed by atoms with Gasteiger partial charge in [-0.25, -0.2) is 0 Å². The highest BCUT2D eigenvalue weighted by Gasteiger charge is 2.16. The van der Waals surface area contributed by atoms with Crippen LogP contribution in [0.3, 0.4) is 0 Å². The van der Waals surface area contributed by atoms with Crippen LogP contribution in [0.25, 0.3) is 0 Å². The maximum absolute atomic E-state index is 8.88. The van der Waals surface area contributed by atoms with Crippen molar-refractivity contribution in [3.63, 3.8) is 0 Å². The van der Waals surface area contributed by atoms with Gasteiger partial charge in [-0.15, -0.1) is 5.10 Å². The standard InChI is InChI=1S/C10H17N5O/c1-6-7(2)13-14-10(8(6)9(11)12)15(3)4-5-16/h16H,4-5H2,1-3H3,(H3,11,12). The summed E-state index contributed by atoms with van der Waals surface area (Å²) < 4.78 is 0. The number of rotatable bonds is 4. The Kier molecular flexibility index (Phi) is 3.78. The average molecular weight is 223 g/mol. The predicted molar refractivity (Wildman–Crippen MR) is 62.9 cm³/mol. The zero-order valence-corrected chi connectivity index (χ0v) is 9.78. The van der Waals surface area contributed by atoms with Crippen molar-refractivity contribution in [1.29, 1.82) is 5.41 Å². The van der Waals surface area contributed by atoms with Gasteiger partial charge in [0.25, 0.3) is 0 Å². The van der Waals surface area contributed by atoms with Gasteiger partial charge in [0.05, 0.1) is 17.9 Å². The lowest BCUT2D eigenvalue weighted by molar-refractivity contribution is 0.303. The molecule has 0 aromatic carbocycles. The second kappa shape index (κ2) is 4.89. The largest absolute Gasteiger partial charge is 0.395 e. The summed E-state index contributed by atoms with van der Waals surface area (Å²) in [5, 5.41) is 24.5. The molecule has 0 saturated heterocycles. The van der Waals surface area contributed by atoms with E-state index in [9.17, 15) is 0 Å². The van der Waals surface area contributed by atoms with Crippen molar-refractivity contribution in [2.75, 3.05) is 25.1 Å². The van der Waals surface area contributed by atoms with E-state index in [1.54, 1.807) is 11.9 Å². The molecule has 16 heavy (non-hydrogen) atoms. The fourth-order valence-corrected chi connectivity index (χ4v) is 1.44. The number of nitrogens with one attached hydrogen (secondary N) is 1.